The molecule has 2 unspecified atom stereocenters. The van der Waals surface area contributed by atoms with Crippen molar-refractivity contribution in [3.8, 4) is 0 Å². The second kappa shape index (κ2) is 6.50. The molecule has 1 saturated heterocycles. The molecular formula is C17H28N2S. The normalized spacial score (nSPS) is 22.4. The highest BCUT2D eigenvalue weighted by Gasteiger charge is 2.34. The number of nitrogens with zero attached hydrogens (tertiary/aromatic N) is 1. The maximum atomic E-state index is 6.49. The molecule has 0 bridgehead atoms. The van der Waals surface area contributed by atoms with Crippen LogP contribution in [0.3, 0.4) is 0 Å². The van der Waals surface area contributed by atoms with E-state index in [4.69, 9.17) is 5.73 Å². The minimum Gasteiger partial charge on any atom is -0.326 e. The Morgan fingerprint density at radius 3 is 2.65 bits per heavy atom. The van der Waals surface area contributed by atoms with Crippen molar-refractivity contribution >= 4 is 11.8 Å². The molecule has 2 rings (SSSR count). The molecule has 0 amide bonds. The summed E-state index contributed by atoms with van der Waals surface area (Å²) < 4.78 is 0.326. The van der Waals surface area contributed by atoms with Crippen LogP contribution >= 0.6 is 11.8 Å². The van der Waals surface area contributed by atoms with Gasteiger partial charge in [-0.1, -0.05) is 31.2 Å². The van der Waals surface area contributed by atoms with Crippen LogP contribution in [-0.4, -0.2) is 34.5 Å². The van der Waals surface area contributed by atoms with Crippen LogP contribution < -0.4 is 5.73 Å². The molecule has 1 aliphatic heterocycles. The quantitative estimate of drug-likeness (QED) is 0.919. The number of thioether (sulfide) groups is 1. The summed E-state index contributed by atoms with van der Waals surface area (Å²) in [6, 6.07) is 9.26. The Labute approximate surface area is 128 Å². The van der Waals surface area contributed by atoms with E-state index in [1.807, 2.05) is 0 Å². The summed E-state index contributed by atoms with van der Waals surface area (Å²) in [6.07, 6.45) is 1.02. The summed E-state index contributed by atoms with van der Waals surface area (Å²) in [7, 11) is 0. The van der Waals surface area contributed by atoms with Crippen LogP contribution in [0.4, 0.5) is 0 Å². The Balaban J connectivity index is 2.31. The average molecular weight is 292 g/mol. The average Bonchev–Trinajstić information content (AvgIpc) is 2.40. The predicted molar refractivity (Wildman–Crippen MR) is 90.3 cm³/mol. The Morgan fingerprint density at radius 1 is 1.35 bits per heavy atom. The van der Waals surface area contributed by atoms with E-state index in [-0.39, 0.29) is 6.04 Å². The van der Waals surface area contributed by atoms with Crippen molar-refractivity contribution in [2.24, 2.45) is 5.73 Å². The van der Waals surface area contributed by atoms with Gasteiger partial charge in [0.2, 0.25) is 0 Å². The van der Waals surface area contributed by atoms with Gasteiger partial charge in [-0.25, -0.2) is 0 Å². The van der Waals surface area contributed by atoms with Gasteiger partial charge in [0, 0.05) is 29.6 Å². The summed E-state index contributed by atoms with van der Waals surface area (Å²) in [5, 5.41) is 0. The standard InChI is InChI=1S/C17H28N2S/c1-5-15(18)16(14-9-7-6-8-13(14)2)19-10-11-20-17(3,4)12-19/h6-9,15-16H,5,10-12,18H2,1-4H3. The fourth-order valence-electron chi connectivity index (χ4n) is 3.13. The maximum Gasteiger partial charge on any atom is 0.0502 e. The largest absolute Gasteiger partial charge is 0.326 e. The lowest BCUT2D eigenvalue weighted by atomic mass is 9.92. The third kappa shape index (κ3) is 3.57. The molecule has 1 aromatic carbocycles. The topological polar surface area (TPSA) is 29.3 Å². The van der Waals surface area contributed by atoms with Crippen molar-refractivity contribution in [2.75, 3.05) is 18.8 Å². The molecule has 2 atom stereocenters. The minimum absolute atomic E-state index is 0.204. The van der Waals surface area contributed by atoms with Gasteiger partial charge in [-0.05, 0) is 38.3 Å². The van der Waals surface area contributed by atoms with Crippen molar-refractivity contribution in [3.63, 3.8) is 0 Å². The number of aryl methyl sites for hydroxylation is 1. The minimum atomic E-state index is 0.204. The van der Waals surface area contributed by atoms with E-state index in [2.05, 4.69) is 68.6 Å². The Hall–Kier alpha value is -0.510. The number of hydrogen-bond donors (Lipinski definition) is 1. The zero-order chi connectivity index (χ0) is 14.8. The molecule has 0 radical (unpaired) electrons. The van der Waals surface area contributed by atoms with Gasteiger partial charge in [0.15, 0.2) is 0 Å². The van der Waals surface area contributed by atoms with E-state index in [9.17, 15) is 0 Å². The Morgan fingerprint density at radius 2 is 2.05 bits per heavy atom. The molecule has 1 heterocycles. The van der Waals surface area contributed by atoms with Gasteiger partial charge in [-0.3, -0.25) is 4.90 Å². The van der Waals surface area contributed by atoms with Crippen LogP contribution in [0.1, 0.15) is 44.4 Å². The molecule has 20 heavy (non-hydrogen) atoms. The first kappa shape index (κ1) is 15.9. The van der Waals surface area contributed by atoms with Gasteiger partial charge in [0.05, 0.1) is 6.04 Å². The van der Waals surface area contributed by atoms with E-state index < -0.39 is 0 Å². The molecule has 1 fully saturated rings. The van der Waals surface area contributed by atoms with Gasteiger partial charge >= 0.3 is 0 Å². The Bertz CT molecular complexity index is 444. The second-order valence-corrected chi connectivity index (χ2v) is 8.25. The van der Waals surface area contributed by atoms with Gasteiger partial charge in [0.25, 0.3) is 0 Å². The fraction of sp³-hybridized carbons (Fsp3) is 0.647. The maximum absolute atomic E-state index is 6.49. The molecule has 2 N–H and O–H groups in total. The Kier molecular flexibility index (Phi) is 5.16. The monoisotopic (exact) mass is 292 g/mol. The van der Waals surface area contributed by atoms with Crippen molar-refractivity contribution in [3.05, 3.63) is 35.4 Å². The summed E-state index contributed by atoms with van der Waals surface area (Å²) in [5.74, 6) is 1.20. The number of rotatable bonds is 4. The van der Waals surface area contributed by atoms with Crippen molar-refractivity contribution < 1.29 is 0 Å². The third-order valence-electron chi connectivity index (χ3n) is 4.23. The highest BCUT2D eigenvalue weighted by Crippen LogP contribution is 2.36. The molecule has 0 aromatic heterocycles. The third-order valence-corrected chi connectivity index (χ3v) is 5.53. The van der Waals surface area contributed by atoms with Crippen LogP contribution in [0.5, 0.6) is 0 Å². The number of benzene rings is 1. The highest BCUT2D eigenvalue weighted by atomic mass is 32.2. The molecule has 1 aliphatic rings. The molecule has 2 nitrogen and oxygen atoms in total. The van der Waals surface area contributed by atoms with Gasteiger partial charge in [-0.15, -0.1) is 0 Å². The predicted octanol–water partition coefficient (Wildman–Crippen LogP) is 3.60. The smallest absolute Gasteiger partial charge is 0.0502 e. The second-order valence-electron chi connectivity index (χ2n) is 6.45. The zero-order valence-corrected chi connectivity index (χ0v) is 14.0. The lowest BCUT2D eigenvalue weighted by molar-refractivity contribution is 0.161. The summed E-state index contributed by atoms with van der Waals surface area (Å²) in [5.41, 5.74) is 9.25. The fourth-order valence-corrected chi connectivity index (χ4v) is 4.27. The zero-order valence-electron chi connectivity index (χ0n) is 13.2. The molecule has 112 valence electrons. The first-order valence-corrected chi connectivity index (χ1v) is 8.62. The van der Waals surface area contributed by atoms with Crippen molar-refractivity contribution in [1.82, 2.24) is 4.90 Å². The number of hydrogen-bond acceptors (Lipinski definition) is 3. The summed E-state index contributed by atoms with van der Waals surface area (Å²) >= 11 is 2.08. The van der Waals surface area contributed by atoms with Gasteiger partial charge in [-0.2, -0.15) is 11.8 Å². The lowest BCUT2D eigenvalue weighted by Crippen LogP contribution is -2.49. The lowest BCUT2D eigenvalue weighted by Gasteiger charge is -2.44. The van der Waals surface area contributed by atoms with Gasteiger partial charge < -0.3 is 5.73 Å². The van der Waals surface area contributed by atoms with Crippen LogP contribution in [0.2, 0.25) is 0 Å². The molecular weight excluding hydrogens is 264 g/mol. The first-order chi connectivity index (χ1) is 9.44. The molecule has 0 aliphatic carbocycles. The van der Waals surface area contributed by atoms with E-state index in [1.54, 1.807) is 0 Å². The van der Waals surface area contributed by atoms with Crippen LogP contribution in [0.25, 0.3) is 0 Å². The SMILES string of the molecule is CCC(N)C(c1ccccc1C)N1CCSC(C)(C)C1. The summed E-state index contributed by atoms with van der Waals surface area (Å²) in [4.78, 5) is 2.60. The van der Waals surface area contributed by atoms with Crippen molar-refractivity contribution in [2.45, 2.75) is 50.9 Å². The number of nitrogens with two attached hydrogens (primary N) is 1. The van der Waals surface area contributed by atoms with E-state index in [0.717, 1.165) is 19.5 Å². The van der Waals surface area contributed by atoms with Gasteiger partial charge in [0.1, 0.15) is 0 Å². The van der Waals surface area contributed by atoms with Crippen molar-refractivity contribution in [1.29, 1.82) is 0 Å². The molecule has 0 spiro atoms. The molecule has 0 saturated carbocycles. The summed E-state index contributed by atoms with van der Waals surface area (Å²) in [6.45, 7) is 11.3. The van der Waals surface area contributed by atoms with Crippen LogP contribution in [0, 0.1) is 6.92 Å². The molecule has 3 heteroatoms. The molecule has 1 aromatic rings. The van der Waals surface area contributed by atoms with E-state index >= 15 is 0 Å². The van der Waals surface area contributed by atoms with Crippen LogP contribution in [-0.2, 0) is 0 Å². The van der Waals surface area contributed by atoms with E-state index in [0.29, 0.717) is 10.8 Å². The van der Waals surface area contributed by atoms with E-state index in [1.165, 1.54) is 16.9 Å². The first-order valence-electron chi connectivity index (χ1n) is 7.64. The van der Waals surface area contributed by atoms with Crippen LogP contribution in [0.15, 0.2) is 24.3 Å². The highest BCUT2D eigenvalue weighted by molar-refractivity contribution is 8.00.